The van der Waals surface area contributed by atoms with Gasteiger partial charge in [0.15, 0.2) is 6.10 Å². The molecule has 0 bridgehead atoms. The second kappa shape index (κ2) is 47.8. The van der Waals surface area contributed by atoms with Crippen molar-refractivity contribution in [2.75, 3.05) is 13.2 Å². The standard InChI is InChI=1S/C53H92O6/c1-4-7-10-13-16-18-19-20-21-22-23-24-25-26-27-28-29-30-31-32-33-35-37-40-43-46-52(55)58-49-50(48-57-51(54)45-42-39-36-15-12-9-6-3)59-53(56)47-44-41-38-34-17-14-11-8-5-2/h7,10,16,18,20-21,23-24,26-27,50H,4-6,8-9,11-15,17,19,22,25,28-49H2,1-3H3/b10-7-,18-16-,21-20-,24-23-,27-26-. The van der Waals surface area contributed by atoms with Crippen LogP contribution in [0.3, 0.4) is 0 Å². The summed E-state index contributed by atoms with van der Waals surface area (Å²) >= 11 is 0. The smallest absolute Gasteiger partial charge is 0.306 e. The third kappa shape index (κ3) is 46.0. The highest BCUT2D eigenvalue weighted by Crippen LogP contribution is 2.14. The van der Waals surface area contributed by atoms with E-state index < -0.39 is 6.10 Å². The maximum atomic E-state index is 12.7. The van der Waals surface area contributed by atoms with Gasteiger partial charge >= 0.3 is 17.9 Å². The lowest BCUT2D eigenvalue weighted by molar-refractivity contribution is -0.167. The molecule has 0 saturated heterocycles. The van der Waals surface area contributed by atoms with Gasteiger partial charge in [0.1, 0.15) is 13.2 Å². The van der Waals surface area contributed by atoms with E-state index in [1.165, 1.54) is 103 Å². The van der Waals surface area contributed by atoms with Gasteiger partial charge in [-0.15, -0.1) is 0 Å². The summed E-state index contributed by atoms with van der Waals surface area (Å²) in [5, 5.41) is 0. The normalized spacial score (nSPS) is 12.5. The van der Waals surface area contributed by atoms with Gasteiger partial charge in [-0.25, -0.2) is 0 Å². The lowest BCUT2D eigenvalue weighted by Gasteiger charge is -2.18. The molecule has 0 aliphatic rings. The third-order valence-corrected chi connectivity index (χ3v) is 10.5. The van der Waals surface area contributed by atoms with Crippen LogP contribution >= 0.6 is 0 Å². The van der Waals surface area contributed by atoms with Crippen LogP contribution < -0.4 is 0 Å². The number of carbonyl (C=O) groups is 3. The first-order valence-corrected chi connectivity index (χ1v) is 24.8. The Morgan fingerprint density at radius 2 is 0.661 bits per heavy atom. The van der Waals surface area contributed by atoms with Gasteiger partial charge in [-0.05, 0) is 64.2 Å². The number of carbonyl (C=O) groups excluding carboxylic acids is 3. The Bertz CT molecular complexity index is 1090. The molecule has 6 nitrogen and oxygen atoms in total. The summed E-state index contributed by atoms with van der Waals surface area (Å²) in [6.45, 7) is 6.45. The first-order valence-electron chi connectivity index (χ1n) is 24.8. The fraction of sp³-hybridized carbons (Fsp3) is 0.755. The average molecular weight is 825 g/mol. The summed E-state index contributed by atoms with van der Waals surface area (Å²) in [6, 6.07) is 0. The lowest BCUT2D eigenvalue weighted by Crippen LogP contribution is -2.30. The van der Waals surface area contributed by atoms with Gasteiger partial charge in [0.05, 0.1) is 0 Å². The van der Waals surface area contributed by atoms with E-state index in [2.05, 4.69) is 81.5 Å². The molecule has 6 heteroatoms. The molecule has 0 fully saturated rings. The Morgan fingerprint density at radius 3 is 1.03 bits per heavy atom. The van der Waals surface area contributed by atoms with Crippen molar-refractivity contribution in [3.8, 4) is 0 Å². The van der Waals surface area contributed by atoms with Gasteiger partial charge in [0.25, 0.3) is 0 Å². The minimum Gasteiger partial charge on any atom is -0.462 e. The van der Waals surface area contributed by atoms with Crippen LogP contribution in [0, 0.1) is 0 Å². The molecule has 0 aromatic carbocycles. The van der Waals surface area contributed by atoms with Crippen LogP contribution in [-0.2, 0) is 28.6 Å². The molecule has 0 saturated carbocycles. The number of ether oxygens (including phenoxy) is 3. The van der Waals surface area contributed by atoms with Crippen LogP contribution in [0.2, 0.25) is 0 Å². The molecule has 0 N–H and O–H groups in total. The molecule has 0 spiro atoms. The maximum absolute atomic E-state index is 12.7. The van der Waals surface area contributed by atoms with Crippen molar-refractivity contribution >= 4 is 17.9 Å². The van der Waals surface area contributed by atoms with E-state index in [1.807, 2.05) is 0 Å². The topological polar surface area (TPSA) is 78.9 Å². The predicted molar refractivity (Wildman–Crippen MR) is 251 cm³/mol. The number of esters is 3. The summed E-state index contributed by atoms with van der Waals surface area (Å²) in [7, 11) is 0. The highest BCUT2D eigenvalue weighted by atomic mass is 16.6. The Hall–Kier alpha value is -2.89. The minimum absolute atomic E-state index is 0.0739. The predicted octanol–water partition coefficient (Wildman–Crippen LogP) is 16.1. The molecule has 1 unspecified atom stereocenters. The zero-order valence-corrected chi connectivity index (χ0v) is 38.8. The molecule has 59 heavy (non-hydrogen) atoms. The van der Waals surface area contributed by atoms with Crippen molar-refractivity contribution in [2.45, 2.75) is 245 Å². The molecule has 340 valence electrons. The van der Waals surface area contributed by atoms with Crippen LogP contribution in [-0.4, -0.2) is 37.2 Å². The molecule has 0 radical (unpaired) electrons. The van der Waals surface area contributed by atoms with E-state index in [4.69, 9.17) is 14.2 Å². The minimum atomic E-state index is -0.768. The summed E-state index contributed by atoms with van der Waals surface area (Å²) in [5.74, 6) is -0.888. The number of hydrogen-bond donors (Lipinski definition) is 0. The Kier molecular flexibility index (Phi) is 45.4. The molecule has 0 aromatic heterocycles. The fourth-order valence-electron chi connectivity index (χ4n) is 6.82. The largest absolute Gasteiger partial charge is 0.462 e. The Balaban J connectivity index is 4.12. The van der Waals surface area contributed by atoms with E-state index in [0.717, 1.165) is 96.3 Å². The van der Waals surface area contributed by atoms with Crippen LogP contribution in [0.15, 0.2) is 60.8 Å². The van der Waals surface area contributed by atoms with Crippen molar-refractivity contribution in [2.24, 2.45) is 0 Å². The Morgan fingerprint density at radius 1 is 0.356 bits per heavy atom. The lowest BCUT2D eigenvalue weighted by atomic mass is 10.1. The second-order valence-electron chi connectivity index (χ2n) is 16.4. The summed E-state index contributed by atoms with van der Waals surface area (Å²) in [4.78, 5) is 37.6. The number of hydrogen-bond acceptors (Lipinski definition) is 6. The van der Waals surface area contributed by atoms with Crippen molar-refractivity contribution in [1.29, 1.82) is 0 Å². The van der Waals surface area contributed by atoms with Crippen molar-refractivity contribution in [1.82, 2.24) is 0 Å². The SMILES string of the molecule is CC/C=C\C/C=C\C/C=C\C/C=C\C/C=C\CCCCCCCCCCCC(=O)OCC(COC(=O)CCCCCCCCC)OC(=O)CCCCCCCCCCC. The van der Waals surface area contributed by atoms with E-state index in [1.54, 1.807) is 0 Å². The highest BCUT2D eigenvalue weighted by molar-refractivity contribution is 5.71. The zero-order valence-electron chi connectivity index (χ0n) is 38.8. The van der Waals surface area contributed by atoms with Crippen molar-refractivity contribution < 1.29 is 28.6 Å². The van der Waals surface area contributed by atoms with E-state index in [-0.39, 0.29) is 31.1 Å². The fourth-order valence-corrected chi connectivity index (χ4v) is 6.82. The molecule has 1 atom stereocenters. The molecule has 0 aliphatic heterocycles. The quantitative estimate of drug-likeness (QED) is 0.0263. The van der Waals surface area contributed by atoms with Crippen LogP contribution in [0.4, 0.5) is 0 Å². The molecule has 0 aromatic rings. The summed E-state index contributed by atoms with van der Waals surface area (Å²) < 4.78 is 16.7. The van der Waals surface area contributed by atoms with Crippen molar-refractivity contribution in [3.63, 3.8) is 0 Å². The third-order valence-electron chi connectivity index (χ3n) is 10.5. The van der Waals surface area contributed by atoms with Gasteiger partial charge in [-0.3, -0.25) is 14.4 Å². The molecule has 0 heterocycles. The Labute approximate surface area is 364 Å². The van der Waals surface area contributed by atoms with E-state index in [0.29, 0.717) is 19.3 Å². The highest BCUT2D eigenvalue weighted by Gasteiger charge is 2.19. The van der Waals surface area contributed by atoms with Gasteiger partial charge in [0, 0.05) is 19.3 Å². The number of allylic oxidation sites excluding steroid dienone is 10. The van der Waals surface area contributed by atoms with Gasteiger partial charge in [-0.1, -0.05) is 216 Å². The average Bonchev–Trinajstić information content (AvgIpc) is 3.23. The van der Waals surface area contributed by atoms with Crippen LogP contribution in [0.5, 0.6) is 0 Å². The summed E-state index contributed by atoms with van der Waals surface area (Å²) in [5.41, 5.74) is 0. The number of unbranched alkanes of at least 4 members (excludes halogenated alkanes) is 23. The maximum Gasteiger partial charge on any atom is 0.306 e. The first kappa shape index (κ1) is 56.1. The monoisotopic (exact) mass is 825 g/mol. The zero-order chi connectivity index (χ0) is 43.0. The van der Waals surface area contributed by atoms with Gasteiger partial charge in [0.2, 0.25) is 0 Å². The first-order chi connectivity index (χ1) is 29.0. The van der Waals surface area contributed by atoms with Crippen molar-refractivity contribution in [3.05, 3.63) is 60.8 Å². The number of rotatable bonds is 44. The molecular weight excluding hydrogens is 733 g/mol. The van der Waals surface area contributed by atoms with E-state index >= 15 is 0 Å². The van der Waals surface area contributed by atoms with Crippen LogP contribution in [0.25, 0.3) is 0 Å². The van der Waals surface area contributed by atoms with Gasteiger partial charge in [-0.2, -0.15) is 0 Å². The van der Waals surface area contributed by atoms with Gasteiger partial charge < -0.3 is 14.2 Å². The second-order valence-corrected chi connectivity index (χ2v) is 16.4. The summed E-state index contributed by atoms with van der Waals surface area (Å²) in [6.07, 6.45) is 58.0. The molecule has 0 aliphatic carbocycles. The van der Waals surface area contributed by atoms with E-state index in [9.17, 15) is 14.4 Å². The van der Waals surface area contributed by atoms with Crippen LogP contribution in [0.1, 0.15) is 239 Å². The molecular formula is C53H92O6. The molecule has 0 amide bonds. The molecule has 0 rings (SSSR count).